The van der Waals surface area contributed by atoms with Crippen molar-refractivity contribution in [3.63, 3.8) is 0 Å². The van der Waals surface area contributed by atoms with Gasteiger partial charge in [0.25, 0.3) is 5.91 Å². The number of rotatable bonds is 4. The molecule has 0 radical (unpaired) electrons. The normalized spacial score (nSPS) is 17.6. The van der Waals surface area contributed by atoms with Crippen LogP contribution in [0.25, 0.3) is 0 Å². The van der Waals surface area contributed by atoms with Crippen molar-refractivity contribution in [2.45, 2.75) is 65.5 Å². The molecular formula is C24H31NO3. The quantitative estimate of drug-likeness (QED) is 0.764. The van der Waals surface area contributed by atoms with E-state index in [9.17, 15) is 4.79 Å². The van der Waals surface area contributed by atoms with Gasteiger partial charge in [0.2, 0.25) is 0 Å². The first kappa shape index (κ1) is 20.2. The van der Waals surface area contributed by atoms with Crippen LogP contribution in [0, 0.1) is 13.8 Å². The van der Waals surface area contributed by atoms with E-state index >= 15 is 0 Å². The molecular weight excluding hydrogens is 350 g/mol. The summed E-state index contributed by atoms with van der Waals surface area (Å²) >= 11 is 0. The Labute approximate surface area is 168 Å². The zero-order chi connectivity index (χ0) is 20.6. The third kappa shape index (κ3) is 4.01. The van der Waals surface area contributed by atoms with Crippen LogP contribution in [0.2, 0.25) is 0 Å². The predicted octanol–water partition coefficient (Wildman–Crippen LogP) is 5.47. The Kier molecular flexibility index (Phi) is 5.42. The number of aryl methyl sites for hydroxylation is 2. The van der Waals surface area contributed by atoms with Crippen molar-refractivity contribution < 1.29 is 14.3 Å². The second-order valence-electron chi connectivity index (χ2n) is 8.70. The van der Waals surface area contributed by atoms with Gasteiger partial charge in [-0.05, 0) is 68.5 Å². The standard InChI is InChI=1S/C24H31NO3/c1-14(2)18-12-19(16(4)11-21(18)27-7)23(26)25-20-13-24(5,6)28-22-10-15(3)8-9-17(20)22/h8-12,14,20H,13H2,1-7H3,(H,25,26)/t20-/m0/s1. The summed E-state index contributed by atoms with van der Waals surface area (Å²) in [6.45, 7) is 12.3. The molecule has 0 aromatic heterocycles. The smallest absolute Gasteiger partial charge is 0.252 e. The van der Waals surface area contributed by atoms with E-state index in [2.05, 4.69) is 45.1 Å². The molecule has 4 nitrogen and oxygen atoms in total. The molecule has 2 aromatic rings. The van der Waals surface area contributed by atoms with E-state index in [1.54, 1.807) is 7.11 Å². The van der Waals surface area contributed by atoms with Gasteiger partial charge in [-0.3, -0.25) is 4.79 Å². The van der Waals surface area contributed by atoms with Crippen LogP contribution >= 0.6 is 0 Å². The van der Waals surface area contributed by atoms with Gasteiger partial charge < -0.3 is 14.8 Å². The van der Waals surface area contributed by atoms with Crippen LogP contribution in [0.3, 0.4) is 0 Å². The minimum Gasteiger partial charge on any atom is -0.496 e. The van der Waals surface area contributed by atoms with E-state index in [1.165, 1.54) is 0 Å². The first-order valence-corrected chi connectivity index (χ1v) is 9.90. The predicted molar refractivity (Wildman–Crippen MR) is 113 cm³/mol. The Hall–Kier alpha value is -2.49. The summed E-state index contributed by atoms with van der Waals surface area (Å²) in [4.78, 5) is 13.2. The summed E-state index contributed by atoms with van der Waals surface area (Å²) in [7, 11) is 1.67. The lowest BCUT2D eigenvalue weighted by Crippen LogP contribution is -2.41. The Morgan fingerprint density at radius 1 is 1.21 bits per heavy atom. The number of nitrogens with one attached hydrogen (secondary N) is 1. The fraction of sp³-hybridized carbons (Fsp3) is 0.458. The van der Waals surface area contributed by atoms with Gasteiger partial charge in [0.1, 0.15) is 17.1 Å². The molecule has 28 heavy (non-hydrogen) atoms. The van der Waals surface area contributed by atoms with E-state index in [1.807, 2.05) is 32.0 Å². The fourth-order valence-electron chi connectivity index (χ4n) is 3.89. The molecule has 3 rings (SSSR count). The van der Waals surface area contributed by atoms with Gasteiger partial charge in [-0.15, -0.1) is 0 Å². The highest BCUT2D eigenvalue weighted by Gasteiger charge is 2.35. The highest BCUT2D eigenvalue weighted by atomic mass is 16.5. The number of fused-ring (bicyclic) bond motifs is 1. The molecule has 0 fully saturated rings. The largest absolute Gasteiger partial charge is 0.496 e. The molecule has 1 atom stereocenters. The molecule has 0 spiro atoms. The third-order valence-electron chi connectivity index (χ3n) is 5.38. The molecule has 150 valence electrons. The monoisotopic (exact) mass is 381 g/mol. The fourth-order valence-corrected chi connectivity index (χ4v) is 3.89. The van der Waals surface area contributed by atoms with Crippen LogP contribution in [-0.2, 0) is 0 Å². The molecule has 0 unspecified atom stereocenters. The molecule has 1 amide bonds. The zero-order valence-electron chi connectivity index (χ0n) is 18.0. The number of hydrogen-bond acceptors (Lipinski definition) is 3. The lowest BCUT2D eigenvalue weighted by atomic mass is 9.88. The summed E-state index contributed by atoms with van der Waals surface area (Å²) < 4.78 is 11.7. The second kappa shape index (κ2) is 7.50. The number of amides is 1. The highest BCUT2D eigenvalue weighted by molar-refractivity contribution is 5.96. The molecule has 0 saturated carbocycles. The first-order valence-electron chi connectivity index (χ1n) is 9.90. The first-order chi connectivity index (χ1) is 13.1. The molecule has 1 aliphatic rings. The van der Waals surface area contributed by atoms with Crippen LogP contribution in [0.5, 0.6) is 11.5 Å². The van der Waals surface area contributed by atoms with Crippen LogP contribution in [0.15, 0.2) is 30.3 Å². The maximum atomic E-state index is 13.2. The average Bonchev–Trinajstić information content (AvgIpc) is 2.59. The van der Waals surface area contributed by atoms with Crippen LogP contribution in [0.4, 0.5) is 0 Å². The molecule has 0 aliphatic carbocycles. The van der Waals surface area contributed by atoms with Crippen molar-refractivity contribution in [2.24, 2.45) is 0 Å². The molecule has 1 aliphatic heterocycles. The van der Waals surface area contributed by atoms with Crippen molar-refractivity contribution in [2.75, 3.05) is 7.11 Å². The number of benzene rings is 2. The lowest BCUT2D eigenvalue weighted by Gasteiger charge is -2.38. The minimum atomic E-state index is -0.337. The van der Waals surface area contributed by atoms with E-state index in [-0.39, 0.29) is 23.5 Å². The van der Waals surface area contributed by atoms with Crippen LogP contribution in [-0.4, -0.2) is 18.6 Å². The van der Waals surface area contributed by atoms with E-state index in [0.29, 0.717) is 5.56 Å². The van der Waals surface area contributed by atoms with Gasteiger partial charge in [0.15, 0.2) is 0 Å². The molecule has 1 N–H and O–H groups in total. The number of carbonyl (C=O) groups excluding carboxylic acids is 1. The minimum absolute atomic E-state index is 0.0590. The van der Waals surface area contributed by atoms with E-state index < -0.39 is 0 Å². The summed E-state index contributed by atoms with van der Waals surface area (Å²) in [5.74, 6) is 1.90. The third-order valence-corrected chi connectivity index (χ3v) is 5.38. The van der Waals surface area contributed by atoms with Crippen molar-refractivity contribution in [3.8, 4) is 11.5 Å². The van der Waals surface area contributed by atoms with Crippen molar-refractivity contribution in [1.29, 1.82) is 0 Å². The van der Waals surface area contributed by atoms with Gasteiger partial charge in [-0.25, -0.2) is 0 Å². The molecule has 4 heteroatoms. The molecule has 0 saturated heterocycles. The second-order valence-corrected chi connectivity index (χ2v) is 8.70. The van der Waals surface area contributed by atoms with Crippen LogP contribution in [0.1, 0.15) is 78.7 Å². The maximum Gasteiger partial charge on any atom is 0.252 e. The molecule has 1 heterocycles. The zero-order valence-corrected chi connectivity index (χ0v) is 18.0. The van der Waals surface area contributed by atoms with E-state index in [4.69, 9.17) is 9.47 Å². The summed E-state index contributed by atoms with van der Waals surface area (Å²) in [6.07, 6.45) is 0.723. The van der Waals surface area contributed by atoms with Crippen molar-refractivity contribution in [1.82, 2.24) is 5.32 Å². The van der Waals surface area contributed by atoms with Gasteiger partial charge in [-0.2, -0.15) is 0 Å². The molecule has 2 aromatic carbocycles. The number of ether oxygens (including phenoxy) is 2. The van der Waals surface area contributed by atoms with Gasteiger partial charge in [0.05, 0.1) is 13.2 Å². The van der Waals surface area contributed by atoms with Crippen molar-refractivity contribution in [3.05, 3.63) is 58.1 Å². The number of hydrogen-bond donors (Lipinski definition) is 1. The van der Waals surface area contributed by atoms with Gasteiger partial charge >= 0.3 is 0 Å². The Morgan fingerprint density at radius 3 is 2.57 bits per heavy atom. The topological polar surface area (TPSA) is 47.6 Å². The maximum absolute atomic E-state index is 13.2. The Balaban J connectivity index is 1.94. The average molecular weight is 382 g/mol. The molecule has 0 bridgehead atoms. The summed E-state index contributed by atoms with van der Waals surface area (Å²) in [6, 6.07) is 10.0. The van der Waals surface area contributed by atoms with Crippen molar-refractivity contribution >= 4 is 5.91 Å². The van der Waals surface area contributed by atoms with Crippen LogP contribution < -0.4 is 14.8 Å². The Bertz CT molecular complexity index is 899. The highest BCUT2D eigenvalue weighted by Crippen LogP contribution is 2.40. The Morgan fingerprint density at radius 2 is 1.93 bits per heavy atom. The number of methoxy groups -OCH3 is 1. The number of carbonyl (C=O) groups is 1. The van der Waals surface area contributed by atoms with E-state index in [0.717, 1.165) is 40.2 Å². The SMILES string of the molecule is COc1cc(C)c(C(=O)N[C@H]2CC(C)(C)Oc3cc(C)ccc32)cc1C(C)C. The summed E-state index contributed by atoms with van der Waals surface area (Å²) in [5, 5.41) is 3.25. The summed E-state index contributed by atoms with van der Waals surface area (Å²) in [5.41, 5.74) is 4.50. The van der Waals surface area contributed by atoms with Gasteiger partial charge in [0, 0.05) is 17.5 Å². The lowest BCUT2D eigenvalue weighted by molar-refractivity contribution is 0.0619. The van der Waals surface area contributed by atoms with Gasteiger partial charge in [-0.1, -0.05) is 26.0 Å².